The Morgan fingerprint density at radius 1 is 1.56 bits per heavy atom. The van der Waals surface area contributed by atoms with Crippen LogP contribution in [0.15, 0.2) is 24.3 Å². The summed E-state index contributed by atoms with van der Waals surface area (Å²) in [6, 6.07) is 6.36. The van der Waals surface area contributed by atoms with Gasteiger partial charge in [0.2, 0.25) is 0 Å². The summed E-state index contributed by atoms with van der Waals surface area (Å²) in [5.41, 5.74) is 0.0506. The van der Waals surface area contributed by atoms with E-state index in [2.05, 4.69) is 22.0 Å². The Labute approximate surface area is 110 Å². The number of carboxylic acid groups (broad SMARTS) is 1. The van der Waals surface area contributed by atoms with Crippen LogP contribution in [0.4, 0.5) is 0 Å². The minimum absolute atomic E-state index is 0.260. The minimum atomic E-state index is -0.933. The van der Waals surface area contributed by atoms with E-state index >= 15 is 0 Å². The third-order valence-corrected chi connectivity index (χ3v) is 5.86. The lowest BCUT2D eigenvalue weighted by Gasteiger charge is -2.15. The lowest BCUT2D eigenvalue weighted by atomic mass is 10.2. The van der Waals surface area contributed by atoms with Crippen molar-refractivity contribution >= 4 is 41.0 Å². The zero-order valence-corrected chi connectivity index (χ0v) is 11.8. The molecule has 1 aromatic rings. The van der Waals surface area contributed by atoms with Gasteiger partial charge in [0.1, 0.15) is 13.3 Å². The number of halogens is 1. The smallest absolute Gasteiger partial charge is 0.335 e. The van der Waals surface area contributed by atoms with Crippen molar-refractivity contribution < 1.29 is 14.6 Å². The molecule has 0 saturated heterocycles. The fourth-order valence-electron chi connectivity index (χ4n) is 0.982. The third-order valence-electron chi connectivity index (χ3n) is 2.01. The lowest BCUT2D eigenvalue weighted by molar-refractivity contribution is 0.0697. The Hall–Kier alpha value is -0.285. The molecule has 2 unspecified atom stereocenters. The number of benzene rings is 1. The number of aromatic carboxylic acids is 1. The van der Waals surface area contributed by atoms with Crippen molar-refractivity contribution in [1.82, 2.24) is 0 Å². The van der Waals surface area contributed by atoms with Crippen LogP contribution in [0, 0.1) is 0 Å². The van der Waals surface area contributed by atoms with Gasteiger partial charge in [-0.25, -0.2) is 4.79 Å². The van der Waals surface area contributed by atoms with Gasteiger partial charge in [-0.15, -0.1) is 0 Å². The quantitative estimate of drug-likeness (QED) is 0.506. The summed E-state index contributed by atoms with van der Waals surface area (Å²) >= 11 is 2.21. The lowest BCUT2D eigenvalue weighted by Crippen LogP contribution is -2.10. The predicted molar refractivity (Wildman–Crippen MR) is 75.1 cm³/mol. The van der Waals surface area contributed by atoms with Crippen LogP contribution in [-0.2, 0) is 0 Å². The number of ether oxygens (including phenoxy) is 1. The molecule has 0 aromatic heterocycles. The third kappa shape index (κ3) is 4.30. The van der Waals surface area contributed by atoms with Gasteiger partial charge in [0.05, 0.1) is 12.2 Å². The van der Waals surface area contributed by atoms with Gasteiger partial charge in [-0.1, -0.05) is 34.4 Å². The maximum atomic E-state index is 10.6. The molecule has 2 radical (unpaired) electrons. The first-order valence-corrected chi connectivity index (χ1v) is 8.93. The van der Waals surface area contributed by atoms with Crippen molar-refractivity contribution in [2.75, 3.05) is 6.61 Å². The van der Waals surface area contributed by atoms with Gasteiger partial charge in [-0.2, -0.15) is 0 Å². The largest absolute Gasteiger partial charge is 0.493 e. The van der Waals surface area contributed by atoms with Crippen LogP contribution in [-0.4, -0.2) is 30.9 Å². The van der Waals surface area contributed by atoms with Gasteiger partial charge in [0.15, 0.2) is 0 Å². The molecule has 1 rings (SSSR count). The van der Waals surface area contributed by atoms with Gasteiger partial charge in [-0.05, 0) is 24.3 Å². The summed E-state index contributed by atoms with van der Waals surface area (Å²) in [5.74, 6) is -0.261. The highest BCUT2D eigenvalue weighted by molar-refractivity contribution is 14.2. The molecule has 0 aliphatic rings. The number of rotatable bonds is 5. The van der Waals surface area contributed by atoms with Crippen molar-refractivity contribution in [3.8, 4) is 5.75 Å². The van der Waals surface area contributed by atoms with Crippen LogP contribution in [0.3, 0.4) is 0 Å². The average Bonchev–Trinajstić information content (AvgIpc) is 2.26. The van der Waals surface area contributed by atoms with E-state index in [4.69, 9.17) is 17.4 Å². The van der Waals surface area contributed by atoms with E-state index in [1.54, 1.807) is 12.1 Å². The van der Waals surface area contributed by atoms with Crippen LogP contribution in [0.25, 0.3) is 0 Å². The monoisotopic (exact) mass is 348 g/mol. The van der Waals surface area contributed by atoms with Crippen molar-refractivity contribution in [2.45, 2.75) is 12.6 Å². The highest BCUT2D eigenvalue weighted by Crippen LogP contribution is 2.44. The van der Waals surface area contributed by atoms with Crippen molar-refractivity contribution in [3.05, 3.63) is 29.8 Å². The number of carboxylic acids is 1. The standard InChI is InChI=1S/C10H11BIO3P/c1-7(16(11)12)6-15-9-4-2-8(3-5-9)10(13)14/h2-5,7H,6H2,1H3,(H,13,14). The molecule has 1 aromatic carbocycles. The van der Waals surface area contributed by atoms with E-state index in [0.717, 1.165) is 0 Å². The minimum Gasteiger partial charge on any atom is -0.493 e. The van der Waals surface area contributed by atoms with E-state index < -0.39 is 11.4 Å². The highest BCUT2D eigenvalue weighted by Gasteiger charge is 2.08. The fraction of sp³-hybridized carbons (Fsp3) is 0.300. The summed E-state index contributed by atoms with van der Waals surface area (Å²) < 4.78 is 5.50. The maximum absolute atomic E-state index is 10.6. The molecule has 2 atom stereocenters. The molecular weight excluding hydrogens is 337 g/mol. The van der Waals surface area contributed by atoms with E-state index in [1.165, 1.54) is 12.1 Å². The zero-order chi connectivity index (χ0) is 12.1. The fourth-order valence-corrected chi connectivity index (χ4v) is 1.68. The molecule has 0 aliphatic carbocycles. The number of carbonyl (C=O) groups is 1. The predicted octanol–water partition coefficient (Wildman–Crippen LogP) is 3.07. The zero-order valence-electron chi connectivity index (χ0n) is 8.76. The van der Waals surface area contributed by atoms with E-state index in [-0.39, 0.29) is 5.56 Å². The second-order valence-corrected chi connectivity index (χ2v) is 8.25. The Kier molecular flexibility index (Phi) is 5.55. The summed E-state index contributed by atoms with van der Waals surface area (Å²) in [6.07, 6.45) is 0. The Morgan fingerprint density at radius 2 is 2.12 bits per heavy atom. The summed E-state index contributed by atoms with van der Waals surface area (Å²) in [4.78, 5) is 10.6. The van der Waals surface area contributed by atoms with Gasteiger partial charge >= 0.3 is 5.97 Å². The van der Waals surface area contributed by atoms with Gasteiger partial charge in [-0.3, -0.25) is 0 Å². The van der Waals surface area contributed by atoms with Crippen LogP contribution < -0.4 is 4.74 Å². The molecular formula is C10H11BIO3P. The molecule has 3 nitrogen and oxygen atoms in total. The molecule has 6 heteroatoms. The second-order valence-electron chi connectivity index (χ2n) is 3.33. The highest BCUT2D eigenvalue weighted by atomic mass is 127. The summed E-state index contributed by atoms with van der Waals surface area (Å²) in [6.45, 7) is 2.58. The Bertz CT molecular complexity index is 356. The van der Waals surface area contributed by atoms with Crippen molar-refractivity contribution in [3.63, 3.8) is 0 Å². The average molecular weight is 348 g/mol. The first kappa shape index (κ1) is 13.8. The van der Waals surface area contributed by atoms with Gasteiger partial charge in [0.25, 0.3) is 0 Å². The van der Waals surface area contributed by atoms with E-state index in [9.17, 15) is 4.79 Å². The number of hydrogen-bond donors (Lipinski definition) is 1. The van der Waals surface area contributed by atoms with Crippen LogP contribution in [0.5, 0.6) is 5.75 Å². The normalized spacial score (nSPS) is 14.1. The molecule has 0 heterocycles. The first-order chi connectivity index (χ1) is 7.50. The van der Waals surface area contributed by atoms with Crippen molar-refractivity contribution in [1.29, 1.82) is 0 Å². The van der Waals surface area contributed by atoms with E-state index in [0.29, 0.717) is 18.0 Å². The molecule has 0 aliphatic heterocycles. The second kappa shape index (κ2) is 6.45. The molecule has 0 saturated carbocycles. The molecule has 84 valence electrons. The SMILES string of the molecule is [B]P(I)C(C)COc1ccc(C(=O)O)cc1. The Morgan fingerprint density at radius 3 is 2.56 bits per heavy atom. The summed E-state index contributed by atoms with van der Waals surface area (Å²) in [7, 11) is 5.76. The molecule has 0 fully saturated rings. The topological polar surface area (TPSA) is 46.5 Å². The Balaban J connectivity index is 2.53. The number of hydrogen-bond acceptors (Lipinski definition) is 2. The van der Waals surface area contributed by atoms with Crippen LogP contribution in [0.1, 0.15) is 17.3 Å². The maximum Gasteiger partial charge on any atom is 0.335 e. The molecule has 16 heavy (non-hydrogen) atoms. The summed E-state index contributed by atoms with van der Waals surface area (Å²) in [5, 5.41) is 8.71. The van der Waals surface area contributed by atoms with Crippen LogP contribution in [0.2, 0.25) is 0 Å². The molecule has 1 N–H and O–H groups in total. The van der Waals surface area contributed by atoms with Crippen LogP contribution >= 0.6 is 27.5 Å². The first-order valence-electron chi connectivity index (χ1n) is 4.66. The van der Waals surface area contributed by atoms with Gasteiger partial charge in [0, 0.05) is 5.66 Å². The molecule has 0 bridgehead atoms. The molecule has 0 spiro atoms. The molecule has 0 amide bonds. The van der Waals surface area contributed by atoms with E-state index in [1.807, 2.05) is 6.92 Å². The van der Waals surface area contributed by atoms with Crippen molar-refractivity contribution in [2.24, 2.45) is 0 Å². The van der Waals surface area contributed by atoms with Gasteiger partial charge < -0.3 is 9.84 Å².